The number of carboxylic acids is 1. The maximum absolute atomic E-state index is 11.1. The molecule has 0 spiro atoms. The summed E-state index contributed by atoms with van der Waals surface area (Å²) >= 11 is 0. The quantitative estimate of drug-likeness (QED) is 0.511. The molecule has 0 amide bonds. The van der Waals surface area contributed by atoms with Gasteiger partial charge in [0.2, 0.25) is 0 Å². The van der Waals surface area contributed by atoms with Gasteiger partial charge in [-0.1, -0.05) is 0 Å². The number of nitrogens with zero attached hydrogens (tertiary/aromatic N) is 3. The molecule has 0 unspecified atom stereocenters. The number of benzene rings is 1. The van der Waals surface area contributed by atoms with Crippen molar-refractivity contribution in [1.82, 2.24) is 0 Å². The Labute approximate surface area is 121 Å². The monoisotopic (exact) mass is 318 g/mol. The largest absolute Gasteiger partial charge is 0.863 e. The summed E-state index contributed by atoms with van der Waals surface area (Å²) < 4.78 is 0. The molecule has 0 atom stereocenters. The van der Waals surface area contributed by atoms with Crippen molar-refractivity contribution in [1.29, 1.82) is 0 Å². The van der Waals surface area contributed by atoms with E-state index in [0.717, 1.165) is 0 Å². The molecule has 0 aliphatic rings. The van der Waals surface area contributed by atoms with Gasteiger partial charge in [-0.05, 0) is 0 Å². The van der Waals surface area contributed by atoms with Crippen LogP contribution >= 0.6 is 0 Å². The molecule has 1 rings (SSSR count). The topological polar surface area (TPSA) is 217 Å². The van der Waals surface area contributed by atoms with Gasteiger partial charge in [0.15, 0.2) is 0 Å². The maximum atomic E-state index is 11.1. The second-order valence-corrected chi connectivity index (χ2v) is 3.58. The second kappa shape index (κ2) is 8.05. The Balaban J connectivity index is 0.000000626. The van der Waals surface area contributed by atoms with Crippen LogP contribution in [-0.4, -0.2) is 32.4 Å². The highest BCUT2D eigenvalue weighted by molar-refractivity contribution is 5.66. The molecule has 0 aliphatic heterocycles. The molecule has 120 valence electrons. The first-order valence-electron chi connectivity index (χ1n) is 5.41. The lowest BCUT2D eigenvalue weighted by Gasteiger charge is -2.06. The van der Waals surface area contributed by atoms with Crippen LogP contribution in [0.1, 0.15) is 6.42 Å². The predicted molar refractivity (Wildman–Crippen MR) is 65.9 cm³/mol. The molecule has 0 bridgehead atoms. The fraction of sp³-hybridized carbons (Fsp3) is 0.222. The van der Waals surface area contributed by atoms with Gasteiger partial charge in [-0.25, -0.2) is 0 Å². The predicted octanol–water partition coefficient (Wildman–Crippen LogP) is -0.812. The summed E-state index contributed by atoms with van der Waals surface area (Å²) in [5.74, 6) is -2.23. The molecular formula is C9H10N4O9. The maximum Gasteiger partial charge on any atom is 0.309 e. The van der Waals surface area contributed by atoms with Gasteiger partial charge in [-0.2, -0.15) is 0 Å². The van der Waals surface area contributed by atoms with Crippen LogP contribution in [0.15, 0.2) is 12.1 Å². The van der Waals surface area contributed by atoms with Gasteiger partial charge in [-0.3, -0.25) is 35.1 Å². The van der Waals surface area contributed by atoms with E-state index in [1.54, 1.807) is 0 Å². The van der Waals surface area contributed by atoms with E-state index in [-0.39, 0.29) is 6.42 Å². The highest BCUT2D eigenvalue weighted by Crippen LogP contribution is 2.36. The van der Waals surface area contributed by atoms with E-state index in [9.17, 15) is 40.2 Å². The summed E-state index contributed by atoms with van der Waals surface area (Å²) in [5.41, 5.74) is 0.0809. The van der Waals surface area contributed by atoms with Crippen LogP contribution in [0.4, 0.5) is 17.1 Å². The Kier molecular flexibility index (Phi) is 6.83. The van der Waals surface area contributed by atoms with Gasteiger partial charge < -0.3 is 15.9 Å². The van der Waals surface area contributed by atoms with Gasteiger partial charge in [0.1, 0.15) is 0 Å². The van der Waals surface area contributed by atoms with E-state index < -0.39 is 43.6 Å². The molecule has 13 heteroatoms. The zero-order chi connectivity index (χ0) is 17.4. The van der Waals surface area contributed by atoms with Crippen LogP contribution in [0.3, 0.4) is 0 Å². The summed E-state index contributed by atoms with van der Waals surface area (Å²) in [6, 6.07) is 0.769. The first-order valence-corrected chi connectivity index (χ1v) is 5.41. The Morgan fingerprint density at radius 3 is 1.64 bits per heavy atom. The van der Waals surface area contributed by atoms with Crippen molar-refractivity contribution in [2.45, 2.75) is 6.42 Å². The standard InChI is InChI=1S/C6H3N3O7.C3H7NO2/c10-6-4(8(13)14)1-3(7(11)12)2-5(6)9(15)16;4-2-1-3(5)6/h1-2,10H;1-2,4H2,(H,5,6). The minimum absolute atomic E-state index is 0.181. The van der Waals surface area contributed by atoms with E-state index in [1.807, 2.05) is 0 Å². The molecule has 0 aliphatic carbocycles. The minimum atomic E-state index is -1.46. The van der Waals surface area contributed by atoms with Crippen LogP contribution < -0.4 is 10.8 Å². The van der Waals surface area contributed by atoms with Gasteiger partial charge in [0, 0.05) is 0 Å². The van der Waals surface area contributed by atoms with Crippen LogP contribution in [0.5, 0.6) is 5.75 Å². The zero-order valence-electron chi connectivity index (χ0n) is 10.8. The third-order valence-corrected chi connectivity index (χ3v) is 2.03. The van der Waals surface area contributed by atoms with Crippen molar-refractivity contribution in [2.75, 3.05) is 6.54 Å². The Hall–Kier alpha value is -3.35. The van der Waals surface area contributed by atoms with Crippen LogP contribution in [0.25, 0.3) is 0 Å². The number of carboxylic acid groups (broad SMARTS) is 1. The molecule has 13 nitrogen and oxygen atoms in total. The Morgan fingerprint density at radius 1 is 1.05 bits per heavy atom. The van der Waals surface area contributed by atoms with Crippen molar-refractivity contribution in [3.8, 4) is 5.75 Å². The van der Waals surface area contributed by atoms with Gasteiger partial charge in [0.05, 0.1) is 45.6 Å². The van der Waals surface area contributed by atoms with Crippen molar-refractivity contribution in [2.24, 2.45) is 0 Å². The fourth-order valence-corrected chi connectivity index (χ4v) is 1.11. The number of aliphatic carboxylic acids is 1. The molecule has 22 heavy (non-hydrogen) atoms. The summed E-state index contributed by atoms with van der Waals surface area (Å²) in [4.78, 5) is 37.1. The molecule has 0 fully saturated rings. The number of rotatable bonds is 5. The molecule has 1 aromatic carbocycles. The molecular weight excluding hydrogens is 308 g/mol. The van der Waals surface area contributed by atoms with Gasteiger partial charge >= 0.3 is 5.97 Å². The number of carbonyl (C=O) groups is 1. The van der Waals surface area contributed by atoms with Gasteiger partial charge in [-0.15, -0.1) is 0 Å². The van der Waals surface area contributed by atoms with Crippen molar-refractivity contribution >= 4 is 23.0 Å². The van der Waals surface area contributed by atoms with Crippen LogP contribution in [-0.2, 0) is 4.79 Å². The number of hydrogen-bond donors (Lipinski definition) is 2. The number of non-ortho nitro benzene ring substituents is 1. The lowest BCUT2D eigenvalue weighted by Crippen LogP contribution is -2.50. The second-order valence-electron chi connectivity index (χ2n) is 3.58. The molecule has 0 radical (unpaired) electrons. The van der Waals surface area contributed by atoms with E-state index >= 15 is 0 Å². The van der Waals surface area contributed by atoms with E-state index in [0.29, 0.717) is 18.7 Å². The normalized spacial score (nSPS) is 9.32. The average Bonchev–Trinajstić information content (AvgIpc) is 2.38. The minimum Gasteiger partial charge on any atom is -0.863 e. The molecule has 0 saturated carbocycles. The number of quaternary nitrogens is 1. The third kappa shape index (κ3) is 5.33. The molecule has 0 heterocycles. The summed E-state index contributed by atoms with van der Waals surface area (Å²) in [5, 5.41) is 50.0. The lowest BCUT2D eigenvalue weighted by atomic mass is 10.2. The summed E-state index contributed by atoms with van der Waals surface area (Å²) in [6.07, 6.45) is 0.181. The first kappa shape index (κ1) is 18.7. The van der Waals surface area contributed by atoms with Crippen molar-refractivity contribution in [3.05, 3.63) is 42.5 Å². The molecule has 0 saturated heterocycles. The van der Waals surface area contributed by atoms with Crippen molar-refractivity contribution < 1.29 is 35.5 Å². The first-order chi connectivity index (χ1) is 10.1. The van der Waals surface area contributed by atoms with Crippen molar-refractivity contribution in [3.63, 3.8) is 0 Å². The highest BCUT2D eigenvalue weighted by atomic mass is 16.6. The van der Waals surface area contributed by atoms with E-state index in [2.05, 4.69) is 5.73 Å². The number of nitro groups is 3. The van der Waals surface area contributed by atoms with E-state index in [4.69, 9.17) is 5.11 Å². The van der Waals surface area contributed by atoms with Crippen LogP contribution in [0, 0.1) is 30.3 Å². The van der Waals surface area contributed by atoms with Gasteiger partial charge in [0.25, 0.3) is 17.1 Å². The Bertz CT molecular complexity index is 580. The average molecular weight is 318 g/mol. The number of hydrogen-bond acceptors (Lipinski definition) is 8. The smallest absolute Gasteiger partial charge is 0.309 e. The zero-order valence-corrected chi connectivity index (χ0v) is 10.8. The SMILES string of the molecule is O=[N+]([O-])c1cc([N+](=O)[O-])c([O-])c([N+](=O)[O-])c1.[NH3+]CCC(=O)O. The van der Waals surface area contributed by atoms with Crippen LogP contribution in [0.2, 0.25) is 0 Å². The lowest BCUT2D eigenvalue weighted by molar-refractivity contribution is -0.420. The fourth-order valence-electron chi connectivity index (χ4n) is 1.11. The number of nitro benzene ring substituents is 3. The summed E-state index contributed by atoms with van der Waals surface area (Å²) in [7, 11) is 0. The Morgan fingerprint density at radius 2 is 1.45 bits per heavy atom. The molecule has 0 aromatic heterocycles. The molecule has 1 aromatic rings. The third-order valence-electron chi connectivity index (χ3n) is 2.03. The summed E-state index contributed by atoms with van der Waals surface area (Å²) in [6.45, 7) is 0.481. The molecule has 4 N–H and O–H groups in total. The highest BCUT2D eigenvalue weighted by Gasteiger charge is 2.24. The van der Waals surface area contributed by atoms with E-state index in [1.165, 1.54) is 0 Å².